The number of ether oxygens (including phenoxy) is 1. The molecule has 2 aromatic carbocycles. The lowest BCUT2D eigenvalue weighted by atomic mass is 10.2. The topological polar surface area (TPSA) is 52.8 Å². The summed E-state index contributed by atoms with van der Waals surface area (Å²) in [5.41, 5.74) is 5.16. The van der Waals surface area contributed by atoms with Crippen molar-refractivity contribution in [3.63, 3.8) is 0 Å². The lowest BCUT2D eigenvalue weighted by Gasteiger charge is -2.05. The normalized spacial score (nSPS) is 10.8. The highest BCUT2D eigenvalue weighted by Crippen LogP contribution is 2.24. The van der Waals surface area contributed by atoms with Crippen LogP contribution < -0.4 is 4.74 Å². The van der Waals surface area contributed by atoms with Gasteiger partial charge in [0.05, 0.1) is 17.9 Å². The fraction of sp³-hybridized carbons (Fsp3) is 0.0800. The van der Waals surface area contributed by atoms with Gasteiger partial charge < -0.3 is 4.74 Å². The van der Waals surface area contributed by atoms with Crippen LogP contribution in [0.4, 0.5) is 0 Å². The lowest BCUT2D eigenvalue weighted by molar-refractivity contribution is 0.290. The first-order chi connectivity index (χ1) is 15.3. The van der Waals surface area contributed by atoms with Crippen LogP contribution in [0.15, 0.2) is 96.6 Å². The van der Waals surface area contributed by atoms with E-state index in [-0.39, 0.29) is 0 Å². The van der Waals surface area contributed by atoms with Gasteiger partial charge in [-0.3, -0.25) is 4.68 Å². The smallest absolute Gasteiger partial charge is 0.213 e. The van der Waals surface area contributed by atoms with Gasteiger partial charge in [0, 0.05) is 35.0 Å². The Morgan fingerprint density at radius 1 is 0.839 bits per heavy atom. The minimum atomic E-state index is 0.398. The highest BCUT2D eigenvalue weighted by molar-refractivity contribution is 7.13. The molecule has 0 fully saturated rings. The van der Waals surface area contributed by atoms with E-state index in [1.165, 1.54) is 0 Å². The highest BCUT2D eigenvalue weighted by atomic mass is 32.1. The number of benzene rings is 2. The molecule has 0 saturated heterocycles. The molecule has 152 valence electrons. The van der Waals surface area contributed by atoms with E-state index in [4.69, 9.17) is 4.74 Å². The molecule has 3 heterocycles. The largest absolute Gasteiger partial charge is 0.471 e. The molecular weight excluding hydrogens is 404 g/mol. The van der Waals surface area contributed by atoms with Gasteiger partial charge in [-0.1, -0.05) is 66.7 Å². The van der Waals surface area contributed by atoms with Gasteiger partial charge >= 0.3 is 0 Å². The first-order valence-electron chi connectivity index (χ1n) is 10.00. The van der Waals surface area contributed by atoms with Crippen molar-refractivity contribution in [1.82, 2.24) is 19.7 Å². The molecule has 0 spiro atoms. The van der Waals surface area contributed by atoms with Crippen molar-refractivity contribution in [3.8, 4) is 27.7 Å². The zero-order chi connectivity index (χ0) is 20.9. The van der Waals surface area contributed by atoms with Crippen molar-refractivity contribution in [2.75, 3.05) is 0 Å². The molecule has 5 nitrogen and oxygen atoms in total. The maximum Gasteiger partial charge on any atom is 0.213 e. The fourth-order valence-corrected chi connectivity index (χ4v) is 4.03. The summed E-state index contributed by atoms with van der Waals surface area (Å²) >= 11 is 1.62. The molecule has 0 aliphatic rings. The Hall–Kier alpha value is -3.77. The Morgan fingerprint density at radius 2 is 1.61 bits per heavy atom. The summed E-state index contributed by atoms with van der Waals surface area (Å²) in [5.74, 6) is 0.587. The third-order valence-corrected chi connectivity index (χ3v) is 5.73. The molecule has 0 bridgehead atoms. The predicted octanol–water partition coefficient (Wildman–Crippen LogP) is 5.70. The minimum Gasteiger partial charge on any atom is -0.471 e. The molecule has 6 heteroatoms. The number of rotatable bonds is 7. The summed E-state index contributed by atoms with van der Waals surface area (Å²) < 4.78 is 7.74. The van der Waals surface area contributed by atoms with Crippen molar-refractivity contribution in [1.29, 1.82) is 0 Å². The van der Waals surface area contributed by atoms with Gasteiger partial charge in [-0.15, -0.1) is 11.3 Å². The average molecular weight is 425 g/mol. The maximum absolute atomic E-state index is 5.82. The van der Waals surface area contributed by atoms with E-state index in [2.05, 4.69) is 39.3 Å². The molecule has 0 aliphatic heterocycles. The molecule has 0 unspecified atom stereocenters. The number of hydrogen-bond donors (Lipinski definition) is 0. The summed E-state index contributed by atoms with van der Waals surface area (Å²) in [5, 5.41) is 7.68. The first-order valence-corrected chi connectivity index (χ1v) is 10.9. The molecule has 0 saturated carbocycles. The van der Waals surface area contributed by atoms with E-state index in [1.54, 1.807) is 11.3 Å². The second-order valence-electron chi connectivity index (χ2n) is 7.07. The van der Waals surface area contributed by atoms with E-state index in [9.17, 15) is 0 Å². The number of aromatic nitrogens is 4. The van der Waals surface area contributed by atoms with Gasteiger partial charge in [0.15, 0.2) is 0 Å². The van der Waals surface area contributed by atoms with E-state index in [0.29, 0.717) is 19.0 Å². The van der Waals surface area contributed by atoms with Crippen LogP contribution in [-0.2, 0) is 13.2 Å². The quantitative estimate of drug-likeness (QED) is 0.336. The van der Waals surface area contributed by atoms with Crippen molar-refractivity contribution in [3.05, 3.63) is 108 Å². The van der Waals surface area contributed by atoms with Crippen molar-refractivity contribution >= 4 is 11.3 Å². The lowest BCUT2D eigenvalue weighted by Crippen LogP contribution is -2.02. The van der Waals surface area contributed by atoms with Gasteiger partial charge in [0.25, 0.3) is 0 Å². The molecule has 31 heavy (non-hydrogen) atoms. The van der Waals surface area contributed by atoms with Crippen LogP contribution in [-0.4, -0.2) is 19.7 Å². The molecular formula is C25H20N4OS. The fourth-order valence-electron chi connectivity index (χ4n) is 3.22. The van der Waals surface area contributed by atoms with Crippen LogP contribution in [0.3, 0.4) is 0 Å². The second-order valence-corrected chi connectivity index (χ2v) is 7.93. The van der Waals surface area contributed by atoms with Gasteiger partial charge in [0.1, 0.15) is 11.6 Å². The minimum absolute atomic E-state index is 0.398. The van der Waals surface area contributed by atoms with Crippen LogP contribution in [0.5, 0.6) is 5.88 Å². The summed E-state index contributed by atoms with van der Waals surface area (Å²) in [7, 11) is 0. The van der Waals surface area contributed by atoms with Crippen molar-refractivity contribution in [2.24, 2.45) is 0 Å². The Labute approximate surface area is 184 Å². The molecule has 5 aromatic rings. The van der Waals surface area contributed by atoms with Crippen LogP contribution in [0.25, 0.3) is 21.8 Å². The number of thiazole rings is 1. The third-order valence-electron chi connectivity index (χ3n) is 4.79. The highest BCUT2D eigenvalue weighted by Gasteiger charge is 2.06. The zero-order valence-electron chi connectivity index (χ0n) is 16.8. The van der Waals surface area contributed by atoms with Gasteiger partial charge in [-0.05, 0) is 11.6 Å². The number of nitrogens with zero attached hydrogens (tertiary/aromatic N) is 4. The molecule has 0 aliphatic carbocycles. The van der Waals surface area contributed by atoms with E-state index < -0.39 is 0 Å². The molecule has 0 amide bonds. The van der Waals surface area contributed by atoms with Gasteiger partial charge in [-0.25, -0.2) is 9.97 Å². The summed E-state index contributed by atoms with van der Waals surface area (Å²) in [4.78, 5) is 9.08. The monoisotopic (exact) mass is 424 g/mol. The molecule has 0 N–H and O–H groups in total. The molecule has 0 radical (unpaired) electrons. The van der Waals surface area contributed by atoms with Crippen LogP contribution in [0.2, 0.25) is 0 Å². The SMILES string of the molecule is c1ccc(-c2ccn(Cc3ccc(OCc4csc(-c5ccccc5)n4)nc3)n2)cc1. The zero-order valence-corrected chi connectivity index (χ0v) is 17.6. The Bertz CT molecular complexity index is 1250. The van der Waals surface area contributed by atoms with Crippen molar-refractivity contribution in [2.45, 2.75) is 13.2 Å². The van der Waals surface area contributed by atoms with Gasteiger partial charge in [0.2, 0.25) is 5.88 Å². The van der Waals surface area contributed by atoms with E-state index >= 15 is 0 Å². The number of hydrogen-bond acceptors (Lipinski definition) is 5. The van der Waals surface area contributed by atoms with Gasteiger partial charge in [-0.2, -0.15) is 5.10 Å². The summed E-state index contributed by atoms with van der Waals surface area (Å²) in [6.45, 7) is 1.06. The molecule has 0 atom stereocenters. The predicted molar refractivity (Wildman–Crippen MR) is 123 cm³/mol. The first kappa shape index (κ1) is 19.2. The molecule has 3 aromatic heterocycles. The Balaban J connectivity index is 1.18. The Morgan fingerprint density at radius 3 is 2.35 bits per heavy atom. The van der Waals surface area contributed by atoms with E-state index in [0.717, 1.165) is 33.1 Å². The summed E-state index contributed by atoms with van der Waals surface area (Å²) in [6.07, 6.45) is 3.81. The Kier molecular flexibility index (Phi) is 5.54. The second kappa shape index (κ2) is 8.93. The number of pyridine rings is 1. The molecule has 5 rings (SSSR count). The van der Waals surface area contributed by atoms with Crippen LogP contribution in [0.1, 0.15) is 11.3 Å². The van der Waals surface area contributed by atoms with Crippen LogP contribution in [0, 0.1) is 0 Å². The van der Waals surface area contributed by atoms with Crippen LogP contribution >= 0.6 is 11.3 Å². The maximum atomic E-state index is 5.82. The standard InChI is InChI=1S/C25H20N4OS/c1-3-7-20(8-4-1)23-13-14-29(28-23)16-19-11-12-24(26-15-19)30-17-22-18-31-25(27-22)21-9-5-2-6-10-21/h1-15,18H,16-17H2. The average Bonchev–Trinajstić information content (AvgIpc) is 3.50. The van der Waals surface area contributed by atoms with E-state index in [1.807, 2.05) is 77.1 Å². The summed E-state index contributed by atoms with van der Waals surface area (Å²) in [6, 6.07) is 26.3. The third kappa shape index (κ3) is 4.70. The van der Waals surface area contributed by atoms with Crippen molar-refractivity contribution < 1.29 is 4.74 Å².